The highest BCUT2D eigenvalue weighted by Crippen LogP contribution is 2.30. The lowest BCUT2D eigenvalue weighted by Gasteiger charge is -2.10. The molecule has 14 heavy (non-hydrogen) atoms. The van der Waals surface area contributed by atoms with E-state index in [0.29, 0.717) is 16.8 Å². The fourth-order valence-corrected chi connectivity index (χ4v) is 1.80. The minimum Gasteiger partial charge on any atom is -0.496 e. The van der Waals surface area contributed by atoms with Gasteiger partial charge in [-0.25, -0.2) is 4.39 Å². The Bertz CT molecular complexity index is 317. The van der Waals surface area contributed by atoms with Crippen molar-refractivity contribution < 1.29 is 9.13 Å². The molecule has 0 atom stereocenters. The van der Waals surface area contributed by atoms with E-state index < -0.39 is 0 Å². The van der Waals surface area contributed by atoms with E-state index in [1.165, 1.54) is 6.07 Å². The van der Waals surface area contributed by atoms with Gasteiger partial charge in [0.05, 0.1) is 11.6 Å². The predicted octanol–water partition coefficient (Wildman–Crippen LogP) is 2.49. The van der Waals surface area contributed by atoms with E-state index in [0.717, 1.165) is 18.4 Å². The van der Waals surface area contributed by atoms with E-state index >= 15 is 0 Å². The summed E-state index contributed by atoms with van der Waals surface area (Å²) in [6.07, 6.45) is 1.54. The average Bonchev–Trinajstić information content (AvgIpc) is 2.20. The monoisotopic (exact) mass is 261 g/mol. The van der Waals surface area contributed by atoms with Crippen LogP contribution in [0.1, 0.15) is 12.0 Å². The fourth-order valence-electron chi connectivity index (χ4n) is 1.28. The molecule has 1 rings (SSSR count). The maximum Gasteiger partial charge on any atom is 0.137 e. The van der Waals surface area contributed by atoms with Gasteiger partial charge in [-0.15, -0.1) is 0 Å². The highest BCUT2D eigenvalue weighted by molar-refractivity contribution is 9.10. The molecule has 0 saturated carbocycles. The van der Waals surface area contributed by atoms with Crippen LogP contribution < -0.4 is 10.5 Å². The van der Waals surface area contributed by atoms with Crippen molar-refractivity contribution in [1.29, 1.82) is 0 Å². The van der Waals surface area contributed by atoms with Gasteiger partial charge < -0.3 is 10.5 Å². The molecule has 0 aromatic heterocycles. The summed E-state index contributed by atoms with van der Waals surface area (Å²) in [5, 5.41) is 0. The van der Waals surface area contributed by atoms with Crippen LogP contribution in [0.2, 0.25) is 0 Å². The Balaban J connectivity index is 3.01. The molecule has 0 bridgehead atoms. The van der Waals surface area contributed by atoms with Gasteiger partial charge in [0.15, 0.2) is 0 Å². The lowest BCUT2D eigenvalue weighted by atomic mass is 10.1. The van der Waals surface area contributed by atoms with Crippen molar-refractivity contribution in [3.8, 4) is 5.75 Å². The Morgan fingerprint density at radius 3 is 2.79 bits per heavy atom. The molecule has 0 aliphatic rings. The molecule has 0 heterocycles. The van der Waals surface area contributed by atoms with E-state index in [4.69, 9.17) is 10.5 Å². The van der Waals surface area contributed by atoms with Crippen molar-refractivity contribution in [3.63, 3.8) is 0 Å². The van der Waals surface area contributed by atoms with E-state index in [-0.39, 0.29) is 5.82 Å². The smallest absolute Gasteiger partial charge is 0.137 e. The molecule has 2 nitrogen and oxygen atoms in total. The third-order valence-electron chi connectivity index (χ3n) is 2.00. The summed E-state index contributed by atoms with van der Waals surface area (Å²) < 4.78 is 18.8. The predicted molar refractivity (Wildman–Crippen MR) is 58.0 cm³/mol. The summed E-state index contributed by atoms with van der Waals surface area (Å²) in [4.78, 5) is 0. The number of hydrogen-bond donors (Lipinski definition) is 1. The third-order valence-corrected chi connectivity index (χ3v) is 2.86. The lowest BCUT2D eigenvalue weighted by molar-refractivity contribution is 0.407. The van der Waals surface area contributed by atoms with Gasteiger partial charge in [0, 0.05) is 5.56 Å². The average molecular weight is 262 g/mol. The molecule has 0 unspecified atom stereocenters. The largest absolute Gasteiger partial charge is 0.496 e. The zero-order chi connectivity index (χ0) is 10.6. The first kappa shape index (κ1) is 11.5. The molecule has 0 aliphatic heterocycles. The second kappa shape index (κ2) is 5.32. The Morgan fingerprint density at radius 2 is 2.21 bits per heavy atom. The first-order chi connectivity index (χ1) is 6.70. The third kappa shape index (κ3) is 2.45. The van der Waals surface area contributed by atoms with Crippen LogP contribution in [-0.2, 0) is 6.42 Å². The molecule has 0 fully saturated rings. The Morgan fingerprint density at radius 1 is 1.50 bits per heavy atom. The van der Waals surface area contributed by atoms with Gasteiger partial charge in [-0.1, -0.05) is 0 Å². The number of methoxy groups -OCH3 is 1. The van der Waals surface area contributed by atoms with Crippen LogP contribution in [0.15, 0.2) is 16.6 Å². The molecule has 1 aromatic rings. The van der Waals surface area contributed by atoms with Crippen LogP contribution in [0, 0.1) is 5.82 Å². The maximum absolute atomic E-state index is 13.2. The fraction of sp³-hybridized carbons (Fsp3) is 0.400. The summed E-state index contributed by atoms with van der Waals surface area (Å²) in [6.45, 7) is 0.589. The van der Waals surface area contributed by atoms with Gasteiger partial charge in [-0.2, -0.15) is 0 Å². The number of nitrogens with two attached hydrogens (primary N) is 1. The molecule has 0 aliphatic carbocycles. The van der Waals surface area contributed by atoms with Crippen LogP contribution in [0.5, 0.6) is 5.75 Å². The number of ether oxygens (including phenoxy) is 1. The zero-order valence-corrected chi connectivity index (χ0v) is 9.60. The standard InChI is InChI=1S/C10H13BrFNO/c1-14-9-5-4-8(12)10(11)7(9)3-2-6-13/h4-5H,2-3,6,13H2,1H3. The quantitative estimate of drug-likeness (QED) is 0.904. The molecule has 0 radical (unpaired) electrons. The highest BCUT2D eigenvalue weighted by Gasteiger charge is 2.11. The minimum absolute atomic E-state index is 0.266. The SMILES string of the molecule is COc1ccc(F)c(Br)c1CCCN. The molecular weight excluding hydrogens is 249 g/mol. The van der Waals surface area contributed by atoms with Crippen molar-refractivity contribution in [3.05, 3.63) is 28.0 Å². The second-order valence-corrected chi connectivity index (χ2v) is 3.73. The first-order valence-electron chi connectivity index (χ1n) is 4.41. The molecule has 1 aromatic carbocycles. The van der Waals surface area contributed by atoms with E-state index in [1.807, 2.05) is 0 Å². The summed E-state index contributed by atoms with van der Waals surface area (Å²) in [6, 6.07) is 3.01. The van der Waals surface area contributed by atoms with Gasteiger partial charge in [-0.05, 0) is 47.4 Å². The topological polar surface area (TPSA) is 35.2 Å². The summed E-state index contributed by atoms with van der Waals surface area (Å²) in [5.74, 6) is 0.435. The van der Waals surface area contributed by atoms with E-state index in [9.17, 15) is 4.39 Å². The molecule has 4 heteroatoms. The van der Waals surface area contributed by atoms with E-state index in [1.54, 1.807) is 13.2 Å². The lowest BCUT2D eigenvalue weighted by Crippen LogP contribution is -2.03. The van der Waals surface area contributed by atoms with Gasteiger partial charge in [0.25, 0.3) is 0 Å². The van der Waals surface area contributed by atoms with Gasteiger partial charge >= 0.3 is 0 Å². The van der Waals surface area contributed by atoms with Crippen molar-refractivity contribution in [2.75, 3.05) is 13.7 Å². The Kier molecular flexibility index (Phi) is 4.35. The van der Waals surface area contributed by atoms with E-state index in [2.05, 4.69) is 15.9 Å². The van der Waals surface area contributed by atoms with Crippen LogP contribution in [0.4, 0.5) is 4.39 Å². The highest BCUT2D eigenvalue weighted by atomic mass is 79.9. The van der Waals surface area contributed by atoms with Crippen molar-refractivity contribution in [2.45, 2.75) is 12.8 Å². The molecule has 0 spiro atoms. The van der Waals surface area contributed by atoms with Gasteiger partial charge in [0.1, 0.15) is 11.6 Å². The van der Waals surface area contributed by atoms with Crippen LogP contribution >= 0.6 is 15.9 Å². The molecule has 2 N–H and O–H groups in total. The summed E-state index contributed by atoms with van der Waals surface area (Å²) in [7, 11) is 1.58. The number of halogens is 2. The zero-order valence-electron chi connectivity index (χ0n) is 8.02. The normalized spacial score (nSPS) is 10.3. The molecule has 0 saturated heterocycles. The Hall–Kier alpha value is -0.610. The molecular formula is C10H13BrFNO. The van der Waals surface area contributed by atoms with Crippen LogP contribution in [0.3, 0.4) is 0 Å². The first-order valence-corrected chi connectivity index (χ1v) is 5.21. The Labute approximate surface area is 91.4 Å². The molecule has 0 amide bonds. The summed E-state index contributed by atoms with van der Waals surface area (Å²) >= 11 is 3.21. The number of hydrogen-bond acceptors (Lipinski definition) is 2. The van der Waals surface area contributed by atoms with Crippen LogP contribution in [-0.4, -0.2) is 13.7 Å². The summed E-state index contributed by atoms with van der Waals surface area (Å²) in [5.41, 5.74) is 6.25. The number of benzene rings is 1. The molecule has 78 valence electrons. The number of rotatable bonds is 4. The maximum atomic E-state index is 13.2. The van der Waals surface area contributed by atoms with Crippen LogP contribution in [0.25, 0.3) is 0 Å². The van der Waals surface area contributed by atoms with Gasteiger partial charge in [0.2, 0.25) is 0 Å². The van der Waals surface area contributed by atoms with Gasteiger partial charge in [-0.3, -0.25) is 0 Å². The van der Waals surface area contributed by atoms with Crippen molar-refractivity contribution >= 4 is 15.9 Å². The van der Waals surface area contributed by atoms with Crippen molar-refractivity contribution in [2.24, 2.45) is 5.73 Å². The second-order valence-electron chi connectivity index (χ2n) is 2.93. The van der Waals surface area contributed by atoms with Crippen molar-refractivity contribution in [1.82, 2.24) is 0 Å². The minimum atomic E-state index is -0.266.